The number of carbonyl (C=O) groups is 1. The van der Waals surface area contributed by atoms with Crippen LogP contribution in [0.15, 0.2) is 29.2 Å². The number of alkyl halides is 14. The molecule has 1 aromatic carbocycles. The first-order valence-electron chi connectivity index (χ1n) is 9.96. The van der Waals surface area contributed by atoms with Crippen molar-refractivity contribution in [2.75, 3.05) is 7.11 Å². The molecule has 20 heteroatoms. The summed E-state index contributed by atoms with van der Waals surface area (Å²) in [6, 6.07) is 2.56. The van der Waals surface area contributed by atoms with Gasteiger partial charge in [0.25, 0.3) is 0 Å². The average Bonchev–Trinajstić information content (AvgIpc) is 2.76. The summed E-state index contributed by atoms with van der Waals surface area (Å²) >= 11 is 0.804. The first kappa shape index (κ1) is 35.4. The largest absolute Gasteiger partial charge is 0.468 e. The Labute approximate surface area is 225 Å². The minimum atomic E-state index is -8.04. The molecule has 0 spiro atoms. The van der Waals surface area contributed by atoms with Crippen molar-refractivity contribution in [1.29, 1.82) is 0 Å². The monoisotopic (exact) mass is 729 g/mol. The van der Waals surface area contributed by atoms with Crippen LogP contribution in [0, 0.1) is 6.92 Å². The third-order valence-corrected chi connectivity index (χ3v) is 7.52. The van der Waals surface area contributed by atoms with E-state index in [1.165, 1.54) is 12.1 Å². The van der Waals surface area contributed by atoms with E-state index in [1.54, 1.807) is 11.6 Å². The summed E-state index contributed by atoms with van der Waals surface area (Å²) in [5.74, 6) is -39.2. The predicted molar refractivity (Wildman–Crippen MR) is 115 cm³/mol. The van der Waals surface area contributed by atoms with Crippen LogP contribution >= 0.6 is 22.6 Å². The van der Waals surface area contributed by atoms with Gasteiger partial charge in [-0.1, -0.05) is 40.3 Å². The first-order chi connectivity index (χ1) is 17.2. The van der Waals surface area contributed by atoms with Crippen LogP contribution in [-0.2, 0) is 19.6 Å². The molecule has 39 heavy (non-hydrogen) atoms. The van der Waals surface area contributed by atoms with E-state index >= 15 is 0 Å². The van der Waals surface area contributed by atoms with Gasteiger partial charge in [0.1, 0.15) is 6.04 Å². The van der Waals surface area contributed by atoms with E-state index < -0.39 is 79.5 Å². The highest BCUT2D eigenvalue weighted by atomic mass is 127. The molecule has 2 atom stereocenters. The van der Waals surface area contributed by atoms with Gasteiger partial charge in [-0.3, -0.25) is 4.79 Å². The van der Waals surface area contributed by atoms with Crippen LogP contribution in [0.5, 0.6) is 0 Å². The van der Waals surface area contributed by atoms with Gasteiger partial charge < -0.3 is 4.74 Å². The number of hydrogen-bond donors (Lipinski definition) is 1. The summed E-state index contributed by atoms with van der Waals surface area (Å²) in [5.41, 5.74) is 0.587. The van der Waals surface area contributed by atoms with Crippen molar-refractivity contribution in [3.8, 4) is 0 Å². The number of methoxy groups -OCH3 is 1. The van der Waals surface area contributed by atoms with Crippen LogP contribution in [0.2, 0.25) is 0 Å². The van der Waals surface area contributed by atoms with E-state index in [1.807, 2.05) is 0 Å². The van der Waals surface area contributed by atoms with E-state index in [2.05, 4.69) is 4.74 Å². The van der Waals surface area contributed by atoms with Crippen molar-refractivity contribution in [3.05, 3.63) is 29.8 Å². The molecule has 1 N–H and O–H groups in total. The lowest BCUT2D eigenvalue weighted by Gasteiger charge is -2.40. The molecular weight excluding hydrogens is 712 g/mol. The molecule has 0 heterocycles. The molecule has 226 valence electrons. The molecule has 0 saturated heterocycles. The lowest BCUT2D eigenvalue weighted by Crippen LogP contribution is -2.70. The summed E-state index contributed by atoms with van der Waals surface area (Å²) in [7, 11) is -3.94. The fraction of sp³-hybridized carbons (Fsp3) is 0.632. The normalized spacial score (nSPS) is 16.1. The number of esters is 1. The zero-order chi connectivity index (χ0) is 31.0. The molecule has 0 saturated carbocycles. The maximum absolute atomic E-state index is 14.2. The molecule has 5 nitrogen and oxygen atoms in total. The van der Waals surface area contributed by atoms with Crippen LogP contribution in [0.3, 0.4) is 0 Å². The molecule has 0 aromatic heterocycles. The fourth-order valence-electron chi connectivity index (χ4n) is 2.85. The maximum atomic E-state index is 14.2. The van der Waals surface area contributed by atoms with Crippen LogP contribution in [0.25, 0.3) is 0 Å². The highest BCUT2D eigenvalue weighted by Crippen LogP contribution is 2.61. The molecule has 0 aliphatic heterocycles. The molecule has 0 aliphatic rings. The molecule has 0 aliphatic carbocycles. The number of ether oxygens (including phenoxy) is 1. The third-order valence-electron chi connectivity index (χ3n) is 5.08. The van der Waals surface area contributed by atoms with E-state index in [0.29, 0.717) is 12.7 Å². The number of aryl methyl sites for hydroxylation is 1. The maximum Gasteiger partial charge on any atom is 0.460 e. The van der Waals surface area contributed by atoms with E-state index in [4.69, 9.17) is 0 Å². The Balaban J connectivity index is 3.28. The second kappa shape index (κ2) is 11.4. The molecule has 0 amide bonds. The van der Waals surface area contributed by atoms with Gasteiger partial charge in [-0.15, -0.1) is 0 Å². The molecule has 0 radical (unpaired) electrons. The van der Waals surface area contributed by atoms with Crippen molar-refractivity contribution in [3.63, 3.8) is 0 Å². The second-order valence-corrected chi connectivity index (χ2v) is 11.5. The summed E-state index contributed by atoms with van der Waals surface area (Å²) in [6.07, 6.45) is -11.4. The van der Waals surface area contributed by atoms with Gasteiger partial charge in [-0.2, -0.15) is 61.8 Å². The van der Waals surface area contributed by atoms with Gasteiger partial charge >= 0.3 is 41.8 Å². The van der Waals surface area contributed by atoms with Crippen molar-refractivity contribution >= 4 is 38.6 Å². The number of benzene rings is 1. The van der Waals surface area contributed by atoms with Gasteiger partial charge in [0.05, 0.1) is 12.0 Å². The Bertz CT molecular complexity index is 1130. The topological polar surface area (TPSA) is 72.5 Å². The van der Waals surface area contributed by atoms with Crippen LogP contribution in [0.1, 0.15) is 18.4 Å². The van der Waals surface area contributed by atoms with Crippen molar-refractivity contribution in [2.24, 2.45) is 0 Å². The molecule has 0 bridgehead atoms. The summed E-state index contributed by atoms with van der Waals surface area (Å²) < 4.78 is 202. The van der Waals surface area contributed by atoms with Crippen LogP contribution < -0.4 is 4.72 Å². The minimum Gasteiger partial charge on any atom is -0.468 e. The standard InChI is InChI=1S/C19H17F13INO4S/c1-9-3-5-11(6-4-9)39(36,37)34-12(13(35)38-2)7-10(33)8-14(20,21)15(22,23)16(24,25)17(26,27)18(28,29)19(30,31)32/h3-6,10,12,34H,7-8H2,1-2H3/t10?,12-/m0/s1. The van der Waals surface area contributed by atoms with E-state index in [0.717, 1.165) is 34.7 Å². The van der Waals surface area contributed by atoms with Crippen molar-refractivity contribution in [1.82, 2.24) is 4.72 Å². The Morgan fingerprint density at radius 3 is 1.69 bits per heavy atom. The molecule has 0 fully saturated rings. The highest BCUT2D eigenvalue weighted by Gasteiger charge is 2.90. The lowest BCUT2D eigenvalue weighted by molar-refractivity contribution is -0.440. The molecule has 1 unspecified atom stereocenters. The van der Waals surface area contributed by atoms with Gasteiger partial charge in [-0.25, -0.2) is 8.42 Å². The van der Waals surface area contributed by atoms with Crippen LogP contribution in [0.4, 0.5) is 57.1 Å². The minimum absolute atomic E-state index is 0.476. The van der Waals surface area contributed by atoms with Crippen molar-refractivity contribution < 1.29 is 75.0 Å². The van der Waals surface area contributed by atoms with Gasteiger partial charge in [0.15, 0.2) is 0 Å². The summed E-state index contributed by atoms with van der Waals surface area (Å²) in [4.78, 5) is 11.5. The number of halogens is 14. The molecule has 1 rings (SSSR count). The predicted octanol–water partition coefficient (Wildman–Crippen LogP) is 6.14. The zero-order valence-corrected chi connectivity index (χ0v) is 22.2. The number of nitrogens with one attached hydrogen (secondary N) is 1. The second-order valence-electron chi connectivity index (χ2n) is 8.05. The fourth-order valence-corrected chi connectivity index (χ4v) is 5.11. The number of hydrogen-bond acceptors (Lipinski definition) is 4. The number of carbonyl (C=O) groups excluding carboxylic acids is 1. The number of sulfonamides is 1. The Morgan fingerprint density at radius 2 is 1.28 bits per heavy atom. The van der Waals surface area contributed by atoms with Gasteiger partial charge in [0, 0.05) is 10.3 Å². The van der Waals surface area contributed by atoms with Crippen LogP contribution in [-0.4, -0.2) is 67.3 Å². The quantitative estimate of drug-likeness (QED) is 0.122. The summed E-state index contributed by atoms with van der Waals surface area (Å²) in [5, 5.41) is 0. The Hall–Kier alpha value is -1.58. The average molecular weight is 729 g/mol. The van der Waals surface area contributed by atoms with E-state index in [9.17, 15) is 70.3 Å². The molecular formula is C19H17F13INO4S. The number of rotatable bonds is 12. The Kier molecular flexibility index (Phi) is 10.3. The Morgan fingerprint density at radius 1 is 0.846 bits per heavy atom. The van der Waals surface area contributed by atoms with E-state index in [-0.39, 0.29) is 0 Å². The first-order valence-corrected chi connectivity index (χ1v) is 12.7. The third kappa shape index (κ3) is 6.84. The smallest absolute Gasteiger partial charge is 0.460 e. The zero-order valence-electron chi connectivity index (χ0n) is 19.2. The molecule has 1 aromatic rings. The van der Waals surface area contributed by atoms with Crippen molar-refractivity contribution in [2.45, 2.75) is 70.4 Å². The highest BCUT2D eigenvalue weighted by molar-refractivity contribution is 14.1. The summed E-state index contributed by atoms with van der Waals surface area (Å²) in [6.45, 7) is 1.57. The van der Waals surface area contributed by atoms with Gasteiger partial charge in [-0.05, 0) is 25.5 Å². The lowest BCUT2D eigenvalue weighted by atomic mass is 9.91. The SMILES string of the molecule is COC(=O)[C@H](CC(I)CC(F)(F)C(F)(F)C(F)(F)C(F)(F)C(F)(F)C(F)(F)F)NS(=O)(=O)c1ccc(C)cc1. The van der Waals surface area contributed by atoms with Gasteiger partial charge in [0.2, 0.25) is 10.0 Å².